The standard InChI is InChI=1S/C15H18ClN3/c1-19-7-8(17)5-10-9-3-2-4-12-14(9)11(6-13(10)19)15(16)18-12/h2-4,8,10,13,18H,5-7,17H2,1H3/t8-,10+,13+/m0/s1. The maximum absolute atomic E-state index is 6.38. The Morgan fingerprint density at radius 3 is 3.11 bits per heavy atom. The summed E-state index contributed by atoms with van der Waals surface area (Å²) in [5, 5.41) is 2.15. The molecule has 1 aromatic heterocycles. The zero-order valence-electron chi connectivity index (χ0n) is 11.0. The molecule has 0 amide bonds. The van der Waals surface area contributed by atoms with E-state index < -0.39 is 0 Å². The first kappa shape index (κ1) is 11.8. The van der Waals surface area contributed by atoms with E-state index in [2.05, 4.69) is 35.1 Å². The molecule has 1 aliphatic carbocycles. The van der Waals surface area contributed by atoms with Gasteiger partial charge in [-0.3, -0.25) is 0 Å². The fourth-order valence-corrected chi connectivity index (χ4v) is 4.30. The van der Waals surface area contributed by atoms with Crippen LogP contribution < -0.4 is 5.73 Å². The second-order valence-corrected chi connectivity index (χ2v) is 6.38. The molecule has 1 fully saturated rings. The van der Waals surface area contributed by atoms with Gasteiger partial charge < -0.3 is 15.6 Å². The lowest BCUT2D eigenvalue weighted by Crippen LogP contribution is -2.52. The van der Waals surface area contributed by atoms with Crippen LogP contribution in [0, 0.1) is 0 Å². The Balaban J connectivity index is 1.95. The summed E-state index contributed by atoms with van der Waals surface area (Å²) in [6.45, 7) is 0.981. The van der Waals surface area contributed by atoms with E-state index in [1.54, 1.807) is 0 Å². The van der Waals surface area contributed by atoms with Gasteiger partial charge in [0.2, 0.25) is 0 Å². The third-order valence-corrected chi connectivity index (χ3v) is 5.15. The lowest BCUT2D eigenvalue weighted by atomic mass is 9.74. The second-order valence-electron chi connectivity index (χ2n) is 6.00. The monoisotopic (exact) mass is 275 g/mol. The van der Waals surface area contributed by atoms with Crippen LogP contribution in [0.3, 0.4) is 0 Å². The molecule has 19 heavy (non-hydrogen) atoms. The largest absolute Gasteiger partial charge is 0.345 e. The highest BCUT2D eigenvalue weighted by Crippen LogP contribution is 2.44. The summed E-state index contributed by atoms with van der Waals surface area (Å²) in [6, 6.07) is 7.29. The zero-order chi connectivity index (χ0) is 13.1. The minimum Gasteiger partial charge on any atom is -0.345 e. The number of hydrogen-bond acceptors (Lipinski definition) is 2. The molecule has 0 unspecified atom stereocenters. The van der Waals surface area contributed by atoms with Crippen molar-refractivity contribution < 1.29 is 0 Å². The highest BCUT2D eigenvalue weighted by Gasteiger charge is 2.39. The van der Waals surface area contributed by atoms with Gasteiger partial charge in [0.15, 0.2) is 0 Å². The number of aromatic nitrogens is 1. The predicted octanol–water partition coefficient (Wildman–Crippen LogP) is 2.49. The summed E-state index contributed by atoms with van der Waals surface area (Å²) < 4.78 is 0. The van der Waals surface area contributed by atoms with Gasteiger partial charge in [-0.25, -0.2) is 0 Å². The normalized spacial score (nSPS) is 30.6. The van der Waals surface area contributed by atoms with Crippen molar-refractivity contribution in [3.8, 4) is 0 Å². The Labute approximate surface area is 117 Å². The van der Waals surface area contributed by atoms with Crippen LogP contribution in [-0.2, 0) is 6.42 Å². The molecule has 4 heteroatoms. The van der Waals surface area contributed by atoms with Crippen LogP contribution in [-0.4, -0.2) is 35.6 Å². The topological polar surface area (TPSA) is 45.0 Å². The summed E-state index contributed by atoms with van der Waals surface area (Å²) in [7, 11) is 2.18. The lowest BCUT2D eigenvalue weighted by molar-refractivity contribution is 0.141. The Bertz CT molecular complexity index is 648. The number of likely N-dealkylation sites (tertiary alicyclic amines) is 1. The molecular formula is C15H18ClN3. The number of nitrogens with one attached hydrogen (secondary N) is 1. The van der Waals surface area contributed by atoms with Crippen LogP contribution in [0.25, 0.3) is 10.9 Å². The first-order valence-corrected chi connectivity index (χ1v) is 7.27. The Morgan fingerprint density at radius 1 is 1.42 bits per heavy atom. The van der Waals surface area contributed by atoms with Crippen LogP contribution in [0.2, 0.25) is 5.15 Å². The fourth-order valence-electron chi connectivity index (χ4n) is 4.03. The van der Waals surface area contributed by atoms with Gasteiger partial charge in [0.25, 0.3) is 0 Å². The van der Waals surface area contributed by atoms with Crippen LogP contribution >= 0.6 is 11.6 Å². The minimum absolute atomic E-state index is 0.275. The SMILES string of the molecule is CN1C[C@@H](N)C[C@@H]2c3cccc4[nH]c(Cl)c(c34)C[C@H]21. The van der Waals surface area contributed by atoms with Crippen molar-refractivity contribution >= 4 is 22.5 Å². The van der Waals surface area contributed by atoms with Crippen molar-refractivity contribution in [1.29, 1.82) is 0 Å². The molecule has 4 rings (SSSR count). The van der Waals surface area contributed by atoms with E-state index in [0.717, 1.165) is 30.1 Å². The number of nitrogens with zero attached hydrogens (tertiary/aromatic N) is 1. The number of piperidine rings is 1. The van der Waals surface area contributed by atoms with E-state index in [0.29, 0.717) is 12.0 Å². The van der Waals surface area contributed by atoms with Crippen molar-refractivity contribution in [2.75, 3.05) is 13.6 Å². The molecule has 3 nitrogen and oxygen atoms in total. The number of halogens is 1. The maximum atomic E-state index is 6.38. The van der Waals surface area contributed by atoms with Gasteiger partial charge in [-0.1, -0.05) is 23.7 Å². The van der Waals surface area contributed by atoms with Crippen LogP contribution in [0.1, 0.15) is 23.5 Å². The molecule has 0 radical (unpaired) electrons. The average Bonchev–Trinajstić information content (AvgIpc) is 2.69. The molecule has 0 bridgehead atoms. The molecule has 2 aliphatic rings. The molecule has 1 aliphatic heterocycles. The fraction of sp³-hybridized carbons (Fsp3) is 0.467. The molecule has 2 aromatic rings. The minimum atomic E-state index is 0.275. The van der Waals surface area contributed by atoms with Crippen molar-refractivity contribution in [1.82, 2.24) is 9.88 Å². The Morgan fingerprint density at radius 2 is 2.26 bits per heavy atom. The van der Waals surface area contributed by atoms with Gasteiger partial charge in [-0.2, -0.15) is 0 Å². The van der Waals surface area contributed by atoms with Gasteiger partial charge in [-0.15, -0.1) is 0 Å². The number of hydrogen-bond donors (Lipinski definition) is 2. The third kappa shape index (κ3) is 1.59. The van der Waals surface area contributed by atoms with Crippen molar-refractivity contribution in [2.45, 2.75) is 30.8 Å². The van der Waals surface area contributed by atoms with E-state index in [-0.39, 0.29) is 6.04 Å². The molecule has 0 spiro atoms. The number of fused-ring (bicyclic) bond motifs is 2. The number of H-pyrrole nitrogens is 1. The summed E-state index contributed by atoms with van der Waals surface area (Å²) in [5.41, 5.74) is 10.1. The maximum Gasteiger partial charge on any atom is 0.110 e. The molecule has 1 saturated heterocycles. The predicted molar refractivity (Wildman–Crippen MR) is 78.8 cm³/mol. The highest BCUT2D eigenvalue weighted by molar-refractivity contribution is 6.32. The first-order chi connectivity index (χ1) is 9.15. The van der Waals surface area contributed by atoms with E-state index >= 15 is 0 Å². The Hall–Kier alpha value is -1.03. The van der Waals surface area contributed by atoms with Crippen molar-refractivity contribution in [2.24, 2.45) is 5.73 Å². The molecule has 0 saturated carbocycles. The van der Waals surface area contributed by atoms with Gasteiger partial charge in [0, 0.05) is 35.4 Å². The zero-order valence-corrected chi connectivity index (χ0v) is 11.7. The average molecular weight is 276 g/mol. The summed E-state index contributed by atoms with van der Waals surface area (Å²) in [6.07, 6.45) is 2.11. The molecular weight excluding hydrogens is 258 g/mol. The molecule has 3 atom stereocenters. The Kier molecular flexibility index (Phi) is 2.47. The van der Waals surface area contributed by atoms with Gasteiger partial charge >= 0.3 is 0 Å². The number of likely N-dealkylation sites (N-methyl/N-ethyl adjacent to an activating group) is 1. The second kappa shape index (κ2) is 3.98. The van der Waals surface area contributed by atoms with E-state index in [1.807, 2.05) is 0 Å². The summed E-state index contributed by atoms with van der Waals surface area (Å²) >= 11 is 6.38. The van der Waals surface area contributed by atoms with E-state index in [1.165, 1.54) is 16.5 Å². The third-order valence-electron chi connectivity index (χ3n) is 4.83. The molecule has 2 heterocycles. The van der Waals surface area contributed by atoms with Gasteiger partial charge in [0.05, 0.1) is 0 Å². The quantitative estimate of drug-likeness (QED) is 0.776. The van der Waals surface area contributed by atoms with Crippen LogP contribution in [0.4, 0.5) is 0 Å². The number of benzene rings is 1. The highest BCUT2D eigenvalue weighted by atomic mass is 35.5. The van der Waals surface area contributed by atoms with Crippen molar-refractivity contribution in [3.63, 3.8) is 0 Å². The number of nitrogens with two attached hydrogens (primary N) is 1. The van der Waals surface area contributed by atoms with Gasteiger partial charge in [0.1, 0.15) is 5.15 Å². The molecule has 1 aromatic carbocycles. The number of rotatable bonds is 0. The van der Waals surface area contributed by atoms with Crippen LogP contribution in [0.15, 0.2) is 18.2 Å². The lowest BCUT2D eigenvalue weighted by Gasteiger charge is -2.44. The van der Waals surface area contributed by atoms with E-state index in [4.69, 9.17) is 17.3 Å². The van der Waals surface area contributed by atoms with Crippen LogP contribution in [0.5, 0.6) is 0 Å². The molecule has 100 valence electrons. The van der Waals surface area contributed by atoms with Crippen molar-refractivity contribution in [3.05, 3.63) is 34.5 Å². The summed E-state index contributed by atoms with van der Waals surface area (Å²) in [5.74, 6) is 0.539. The summed E-state index contributed by atoms with van der Waals surface area (Å²) in [4.78, 5) is 5.72. The van der Waals surface area contributed by atoms with Gasteiger partial charge in [-0.05, 0) is 37.1 Å². The molecule has 3 N–H and O–H groups in total. The smallest absolute Gasteiger partial charge is 0.110 e. The number of aromatic amines is 1. The first-order valence-electron chi connectivity index (χ1n) is 6.90. The van der Waals surface area contributed by atoms with E-state index in [9.17, 15) is 0 Å².